The maximum atomic E-state index is 11.0. The Balaban J connectivity index is 2.22. The monoisotopic (exact) mass is 257 g/mol. The molecule has 0 aliphatic carbocycles. The quantitative estimate of drug-likeness (QED) is 0.501. The van der Waals surface area contributed by atoms with Gasteiger partial charge in [0.05, 0.1) is 4.92 Å². The molecule has 0 saturated heterocycles. The van der Waals surface area contributed by atoms with Crippen LogP contribution in [0.5, 0.6) is 0 Å². The van der Waals surface area contributed by atoms with Crippen LogP contribution in [0.2, 0.25) is 0 Å². The van der Waals surface area contributed by atoms with Crippen LogP contribution in [0.15, 0.2) is 42.5 Å². The SMILES string of the molecule is Cc1ccc([N+](=O)[O-])c(NCc2ccccc2N)c1. The highest BCUT2D eigenvalue weighted by atomic mass is 16.6. The van der Waals surface area contributed by atoms with E-state index in [4.69, 9.17) is 5.73 Å². The minimum atomic E-state index is -0.393. The highest BCUT2D eigenvalue weighted by molar-refractivity contribution is 5.63. The second-order valence-corrected chi connectivity index (χ2v) is 4.33. The normalized spacial score (nSPS) is 10.2. The van der Waals surface area contributed by atoms with Crippen molar-refractivity contribution in [1.29, 1.82) is 0 Å². The number of nitrogens with one attached hydrogen (secondary N) is 1. The van der Waals surface area contributed by atoms with Crippen molar-refractivity contribution in [2.75, 3.05) is 11.1 Å². The van der Waals surface area contributed by atoms with Crippen molar-refractivity contribution in [3.8, 4) is 0 Å². The van der Waals surface area contributed by atoms with Crippen molar-refractivity contribution >= 4 is 17.1 Å². The molecule has 5 heteroatoms. The van der Waals surface area contributed by atoms with Gasteiger partial charge in [0.25, 0.3) is 5.69 Å². The minimum Gasteiger partial charge on any atom is -0.398 e. The zero-order valence-electron chi connectivity index (χ0n) is 10.6. The minimum absolute atomic E-state index is 0.0695. The van der Waals surface area contributed by atoms with Gasteiger partial charge in [-0.3, -0.25) is 10.1 Å². The third-order valence-electron chi connectivity index (χ3n) is 2.87. The molecule has 2 aromatic rings. The van der Waals surface area contributed by atoms with Crippen LogP contribution < -0.4 is 11.1 Å². The van der Waals surface area contributed by atoms with Gasteiger partial charge in [-0.25, -0.2) is 0 Å². The summed E-state index contributed by atoms with van der Waals surface area (Å²) in [5.41, 5.74) is 8.97. The van der Waals surface area contributed by atoms with Crippen LogP contribution >= 0.6 is 0 Å². The van der Waals surface area contributed by atoms with E-state index in [1.807, 2.05) is 31.2 Å². The molecule has 2 aromatic carbocycles. The van der Waals surface area contributed by atoms with Gasteiger partial charge in [0, 0.05) is 18.3 Å². The summed E-state index contributed by atoms with van der Waals surface area (Å²) >= 11 is 0. The summed E-state index contributed by atoms with van der Waals surface area (Å²) in [5, 5.41) is 14.0. The number of nitro groups is 1. The van der Waals surface area contributed by atoms with Gasteiger partial charge in [-0.05, 0) is 30.2 Å². The molecule has 98 valence electrons. The molecular weight excluding hydrogens is 242 g/mol. The Morgan fingerprint density at radius 2 is 2.00 bits per heavy atom. The third kappa shape index (κ3) is 3.01. The largest absolute Gasteiger partial charge is 0.398 e. The van der Waals surface area contributed by atoms with Crippen LogP contribution in [0.1, 0.15) is 11.1 Å². The topological polar surface area (TPSA) is 81.2 Å². The lowest BCUT2D eigenvalue weighted by molar-refractivity contribution is -0.384. The first-order chi connectivity index (χ1) is 9.08. The number of aryl methyl sites for hydroxylation is 1. The predicted molar refractivity (Wildman–Crippen MR) is 76.0 cm³/mol. The van der Waals surface area contributed by atoms with Crippen molar-refractivity contribution < 1.29 is 4.92 Å². The Morgan fingerprint density at radius 3 is 2.68 bits per heavy atom. The maximum Gasteiger partial charge on any atom is 0.292 e. The highest BCUT2D eigenvalue weighted by Crippen LogP contribution is 2.26. The molecule has 2 rings (SSSR count). The number of nitrogens with zero attached hydrogens (tertiary/aromatic N) is 1. The first-order valence-corrected chi connectivity index (χ1v) is 5.90. The maximum absolute atomic E-state index is 11.0. The summed E-state index contributed by atoms with van der Waals surface area (Å²) in [7, 11) is 0. The number of nitro benzene ring substituents is 1. The molecule has 19 heavy (non-hydrogen) atoms. The van der Waals surface area contributed by atoms with E-state index in [1.165, 1.54) is 6.07 Å². The molecule has 3 N–H and O–H groups in total. The molecule has 0 bridgehead atoms. The van der Waals surface area contributed by atoms with Crippen molar-refractivity contribution in [2.45, 2.75) is 13.5 Å². The first-order valence-electron chi connectivity index (χ1n) is 5.90. The van der Waals surface area contributed by atoms with E-state index in [2.05, 4.69) is 5.32 Å². The molecule has 0 spiro atoms. The molecule has 0 atom stereocenters. The summed E-state index contributed by atoms with van der Waals surface area (Å²) in [6.07, 6.45) is 0. The van der Waals surface area contributed by atoms with Gasteiger partial charge in [-0.15, -0.1) is 0 Å². The van der Waals surface area contributed by atoms with E-state index in [1.54, 1.807) is 12.1 Å². The zero-order valence-corrected chi connectivity index (χ0v) is 10.6. The Hall–Kier alpha value is -2.56. The summed E-state index contributed by atoms with van der Waals surface area (Å²) in [6.45, 7) is 2.35. The van der Waals surface area contributed by atoms with Gasteiger partial charge in [0.2, 0.25) is 0 Å². The number of anilines is 2. The predicted octanol–water partition coefficient (Wildman–Crippen LogP) is 3.10. The fourth-order valence-electron chi connectivity index (χ4n) is 1.84. The lowest BCUT2D eigenvalue weighted by Crippen LogP contribution is -2.05. The molecule has 0 fully saturated rings. The molecule has 0 heterocycles. The molecule has 5 nitrogen and oxygen atoms in total. The second-order valence-electron chi connectivity index (χ2n) is 4.33. The number of rotatable bonds is 4. The third-order valence-corrected chi connectivity index (χ3v) is 2.87. The van der Waals surface area contributed by atoms with Crippen LogP contribution in [-0.2, 0) is 6.54 Å². The van der Waals surface area contributed by atoms with Crippen LogP contribution in [0, 0.1) is 17.0 Å². The molecule has 0 saturated carbocycles. The Morgan fingerprint density at radius 1 is 1.26 bits per heavy atom. The lowest BCUT2D eigenvalue weighted by Gasteiger charge is -2.09. The average Bonchev–Trinajstić information content (AvgIpc) is 2.37. The Labute approximate surface area is 111 Å². The molecule has 0 aliphatic heterocycles. The Bertz CT molecular complexity index is 611. The average molecular weight is 257 g/mol. The van der Waals surface area contributed by atoms with Crippen molar-refractivity contribution in [3.63, 3.8) is 0 Å². The van der Waals surface area contributed by atoms with Crippen LogP contribution in [0.25, 0.3) is 0 Å². The second kappa shape index (κ2) is 5.39. The van der Waals surface area contributed by atoms with Gasteiger partial charge in [0.1, 0.15) is 5.69 Å². The molecule has 0 aliphatic rings. The molecule has 0 radical (unpaired) electrons. The van der Waals surface area contributed by atoms with Gasteiger partial charge in [-0.2, -0.15) is 0 Å². The fourth-order valence-corrected chi connectivity index (χ4v) is 1.84. The molecular formula is C14H15N3O2. The van der Waals surface area contributed by atoms with E-state index < -0.39 is 4.92 Å². The fraction of sp³-hybridized carbons (Fsp3) is 0.143. The standard InChI is InChI=1S/C14H15N3O2/c1-10-6-7-14(17(18)19)13(8-10)16-9-11-4-2-3-5-12(11)15/h2-8,16H,9,15H2,1H3. The number of nitrogen functional groups attached to an aromatic ring is 1. The number of nitrogens with two attached hydrogens (primary N) is 1. The summed E-state index contributed by atoms with van der Waals surface area (Å²) in [4.78, 5) is 10.6. The number of hydrogen-bond donors (Lipinski definition) is 2. The highest BCUT2D eigenvalue weighted by Gasteiger charge is 2.13. The number of para-hydroxylation sites is 1. The van der Waals surface area contributed by atoms with Gasteiger partial charge < -0.3 is 11.1 Å². The zero-order chi connectivity index (χ0) is 13.8. The van der Waals surface area contributed by atoms with Crippen molar-refractivity contribution in [3.05, 3.63) is 63.7 Å². The molecule has 0 aromatic heterocycles. The summed E-state index contributed by atoms with van der Waals surface area (Å²) in [6, 6.07) is 12.4. The molecule has 0 amide bonds. The van der Waals surface area contributed by atoms with E-state index >= 15 is 0 Å². The van der Waals surface area contributed by atoms with E-state index in [0.29, 0.717) is 17.9 Å². The summed E-state index contributed by atoms with van der Waals surface area (Å²) in [5.74, 6) is 0. The molecule has 0 unspecified atom stereocenters. The van der Waals surface area contributed by atoms with E-state index in [9.17, 15) is 10.1 Å². The van der Waals surface area contributed by atoms with Crippen LogP contribution in [0.3, 0.4) is 0 Å². The van der Waals surface area contributed by atoms with E-state index in [0.717, 1.165) is 11.1 Å². The van der Waals surface area contributed by atoms with Crippen molar-refractivity contribution in [2.24, 2.45) is 0 Å². The smallest absolute Gasteiger partial charge is 0.292 e. The van der Waals surface area contributed by atoms with Crippen LogP contribution in [-0.4, -0.2) is 4.92 Å². The first kappa shape index (κ1) is 12.9. The number of benzene rings is 2. The Kier molecular flexibility index (Phi) is 3.66. The van der Waals surface area contributed by atoms with E-state index in [-0.39, 0.29) is 5.69 Å². The van der Waals surface area contributed by atoms with Gasteiger partial charge >= 0.3 is 0 Å². The van der Waals surface area contributed by atoms with Crippen LogP contribution in [0.4, 0.5) is 17.1 Å². The van der Waals surface area contributed by atoms with Crippen molar-refractivity contribution in [1.82, 2.24) is 0 Å². The number of hydrogen-bond acceptors (Lipinski definition) is 4. The lowest BCUT2D eigenvalue weighted by atomic mass is 10.1. The summed E-state index contributed by atoms with van der Waals surface area (Å²) < 4.78 is 0. The van der Waals surface area contributed by atoms with Gasteiger partial charge in [0.15, 0.2) is 0 Å². The van der Waals surface area contributed by atoms with Gasteiger partial charge in [-0.1, -0.05) is 24.3 Å².